The predicted molar refractivity (Wildman–Crippen MR) is 77.6 cm³/mol. The molecule has 4 nitrogen and oxygen atoms in total. The molecule has 1 amide bonds. The van der Waals surface area contributed by atoms with Crippen LogP contribution in [0.15, 0.2) is 60.7 Å². The fraction of sp³-hybridized carbons (Fsp3) is 0.176. The van der Waals surface area contributed by atoms with E-state index in [0.29, 0.717) is 5.56 Å². The van der Waals surface area contributed by atoms with Crippen LogP contribution in [0.2, 0.25) is 0 Å². The van der Waals surface area contributed by atoms with Crippen molar-refractivity contribution in [3.05, 3.63) is 71.8 Å². The lowest BCUT2D eigenvalue weighted by Gasteiger charge is -2.04. The summed E-state index contributed by atoms with van der Waals surface area (Å²) in [7, 11) is 1.34. The molecule has 0 radical (unpaired) electrons. The van der Waals surface area contributed by atoms with Crippen molar-refractivity contribution in [2.45, 2.75) is 12.1 Å². The highest BCUT2D eigenvalue weighted by Gasteiger charge is 2.57. The van der Waals surface area contributed by atoms with Gasteiger partial charge in [-0.25, -0.2) is 4.79 Å². The molecule has 106 valence electrons. The first-order valence-corrected chi connectivity index (χ1v) is 6.74. The summed E-state index contributed by atoms with van der Waals surface area (Å²) in [6.07, 6.45) is 0. The number of carbonyl (C=O) groups is 2. The van der Waals surface area contributed by atoms with Crippen molar-refractivity contribution in [2.75, 3.05) is 7.11 Å². The Bertz CT molecular complexity index is 654. The second kappa shape index (κ2) is 5.40. The summed E-state index contributed by atoms with van der Waals surface area (Å²) in [5.41, 5.74) is 1.52. The van der Waals surface area contributed by atoms with Gasteiger partial charge in [0, 0.05) is 5.56 Å². The third-order valence-electron chi connectivity index (χ3n) is 3.65. The van der Waals surface area contributed by atoms with Crippen molar-refractivity contribution in [3.63, 3.8) is 0 Å². The fourth-order valence-corrected chi connectivity index (χ4v) is 2.57. The molecule has 0 unspecified atom stereocenters. The van der Waals surface area contributed by atoms with Crippen LogP contribution in [0.1, 0.15) is 22.0 Å². The van der Waals surface area contributed by atoms with Gasteiger partial charge in [-0.2, -0.15) is 0 Å². The Labute approximate surface area is 123 Å². The number of nitrogens with zero attached hydrogens (tertiary/aromatic N) is 1. The van der Waals surface area contributed by atoms with E-state index in [9.17, 15) is 9.59 Å². The first-order chi connectivity index (χ1) is 10.2. The van der Waals surface area contributed by atoms with Crippen molar-refractivity contribution in [1.29, 1.82) is 0 Å². The zero-order chi connectivity index (χ0) is 14.8. The number of amides is 1. The summed E-state index contributed by atoms with van der Waals surface area (Å²) in [5, 5.41) is 0. The van der Waals surface area contributed by atoms with Gasteiger partial charge in [0.05, 0.1) is 13.2 Å². The third-order valence-corrected chi connectivity index (χ3v) is 3.65. The molecule has 2 aromatic rings. The molecule has 0 aliphatic carbocycles. The molecular weight excluding hydrogens is 266 g/mol. The van der Waals surface area contributed by atoms with E-state index in [-0.39, 0.29) is 17.9 Å². The number of ether oxygens (including phenoxy) is 1. The van der Waals surface area contributed by atoms with Crippen molar-refractivity contribution in [1.82, 2.24) is 4.90 Å². The van der Waals surface area contributed by atoms with Gasteiger partial charge in [0.25, 0.3) is 5.91 Å². The lowest BCUT2D eigenvalue weighted by molar-refractivity contribution is -0.140. The first kappa shape index (κ1) is 13.4. The zero-order valence-corrected chi connectivity index (χ0v) is 11.6. The molecule has 1 heterocycles. The Morgan fingerprint density at radius 1 is 0.952 bits per heavy atom. The molecule has 0 N–H and O–H groups in total. The van der Waals surface area contributed by atoms with Crippen LogP contribution in [0.25, 0.3) is 0 Å². The third kappa shape index (κ3) is 2.40. The molecule has 0 spiro atoms. The van der Waals surface area contributed by atoms with Gasteiger partial charge in [-0.3, -0.25) is 4.79 Å². The molecule has 0 aromatic heterocycles. The maximum atomic E-state index is 12.5. The normalized spacial score (nSPS) is 20.0. The van der Waals surface area contributed by atoms with Crippen LogP contribution in [0, 0.1) is 0 Å². The van der Waals surface area contributed by atoms with E-state index in [0.717, 1.165) is 5.56 Å². The molecule has 2 atom stereocenters. The molecule has 0 saturated carbocycles. The Morgan fingerprint density at radius 3 is 2.10 bits per heavy atom. The molecular formula is C17H15NO3. The van der Waals surface area contributed by atoms with E-state index < -0.39 is 6.04 Å². The molecule has 0 bridgehead atoms. The fourth-order valence-electron chi connectivity index (χ4n) is 2.57. The van der Waals surface area contributed by atoms with Gasteiger partial charge in [-0.05, 0) is 17.7 Å². The predicted octanol–water partition coefficient (Wildman–Crippen LogP) is 2.43. The smallest absolute Gasteiger partial charge is 0.331 e. The van der Waals surface area contributed by atoms with E-state index in [4.69, 9.17) is 4.74 Å². The van der Waals surface area contributed by atoms with Crippen molar-refractivity contribution < 1.29 is 14.3 Å². The van der Waals surface area contributed by atoms with Crippen molar-refractivity contribution >= 4 is 11.9 Å². The number of rotatable bonds is 3. The Balaban J connectivity index is 1.90. The maximum Gasteiger partial charge on any atom is 0.331 e. The lowest BCUT2D eigenvalue weighted by atomic mass is 10.1. The van der Waals surface area contributed by atoms with Crippen LogP contribution in [-0.4, -0.2) is 29.9 Å². The van der Waals surface area contributed by atoms with Crippen LogP contribution >= 0.6 is 0 Å². The van der Waals surface area contributed by atoms with E-state index in [1.807, 2.05) is 36.4 Å². The van der Waals surface area contributed by atoms with E-state index in [1.54, 1.807) is 29.2 Å². The molecule has 1 saturated heterocycles. The SMILES string of the molecule is COC(=O)[C@@H]1[C@@H](c2ccccc2)N1C(=O)c1ccccc1. The van der Waals surface area contributed by atoms with Crippen molar-refractivity contribution in [3.8, 4) is 0 Å². The maximum absolute atomic E-state index is 12.5. The number of benzene rings is 2. The number of esters is 1. The summed E-state index contributed by atoms with van der Waals surface area (Å²) < 4.78 is 4.81. The summed E-state index contributed by atoms with van der Waals surface area (Å²) in [6.45, 7) is 0. The average molecular weight is 281 g/mol. The molecule has 21 heavy (non-hydrogen) atoms. The zero-order valence-electron chi connectivity index (χ0n) is 11.6. The summed E-state index contributed by atoms with van der Waals surface area (Å²) >= 11 is 0. The Kier molecular flexibility index (Phi) is 3.44. The molecule has 4 heteroatoms. The summed E-state index contributed by atoms with van der Waals surface area (Å²) in [4.78, 5) is 26.0. The van der Waals surface area contributed by atoms with E-state index >= 15 is 0 Å². The van der Waals surface area contributed by atoms with Crippen LogP contribution in [0.5, 0.6) is 0 Å². The van der Waals surface area contributed by atoms with Crippen molar-refractivity contribution in [2.24, 2.45) is 0 Å². The van der Waals surface area contributed by atoms with Gasteiger partial charge < -0.3 is 9.64 Å². The van der Waals surface area contributed by atoms with E-state index in [1.165, 1.54) is 7.11 Å². The van der Waals surface area contributed by atoms with Gasteiger partial charge in [-0.15, -0.1) is 0 Å². The number of methoxy groups -OCH3 is 1. The highest BCUT2D eigenvalue weighted by Crippen LogP contribution is 2.44. The molecule has 2 aromatic carbocycles. The van der Waals surface area contributed by atoms with Gasteiger partial charge >= 0.3 is 5.97 Å². The number of hydrogen-bond acceptors (Lipinski definition) is 3. The summed E-state index contributed by atoms with van der Waals surface area (Å²) in [6, 6.07) is 17.7. The topological polar surface area (TPSA) is 46.4 Å². The van der Waals surface area contributed by atoms with Gasteiger partial charge in [0.1, 0.15) is 0 Å². The number of hydrogen-bond donors (Lipinski definition) is 0. The largest absolute Gasteiger partial charge is 0.467 e. The Morgan fingerprint density at radius 2 is 1.52 bits per heavy atom. The summed E-state index contributed by atoms with van der Waals surface area (Å²) in [5.74, 6) is -0.534. The van der Waals surface area contributed by atoms with Crippen LogP contribution in [0.3, 0.4) is 0 Å². The molecule has 1 aliphatic rings. The van der Waals surface area contributed by atoms with Gasteiger partial charge in [0.15, 0.2) is 6.04 Å². The van der Waals surface area contributed by atoms with E-state index in [2.05, 4.69) is 0 Å². The first-order valence-electron chi connectivity index (χ1n) is 6.74. The molecule has 1 aliphatic heterocycles. The van der Waals surface area contributed by atoms with Crippen LogP contribution in [0.4, 0.5) is 0 Å². The quantitative estimate of drug-likeness (QED) is 0.641. The average Bonchev–Trinajstić information content (AvgIpc) is 3.30. The number of carbonyl (C=O) groups excluding carboxylic acids is 2. The molecule has 1 fully saturated rings. The highest BCUT2D eigenvalue weighted by molar-refractivity contribution is 6.01. The second-order valence-electron chi connectivity index (χ2n) is 4.90. The lowest BCUT2D eigenvalue weighted by Crippen LogP contribution is -2.19. The highest BCUT2D eigenvalue weighted by atomic mass is 16.5. The Hall–Kier alpha value is -2.62. The van der Waals surface area contributed by atoms with Crippen LogP contribution in [-0.2, 0) is 9.53 Å². The second-order valence-corrected chi connectivity index (χ2v) is 4.90. The monoisotopic (exact) mass is 281 g/mol. The van der Waals surface area contributed by atoms with Gasteiger partial charge in [0.2, 0.25) is 0 Å². The van der Waals surface area contributed by atoms with Crippen LogP contribution < -0.4 is 0 Å². The molecule has 3 rings (SSSR count). The minimum Gasteiger partial charge on any atom is -0.467 e. The van der Waals surface area contributed by atoms with Gasteiger partial charge in [-0.1, -0.05) is 48.5 Å². The minimum absolute atomic E-state index is 0.153. The minimum atomic E-state index is -0.537. The standard InChI is InChI=1S/C17H15NO3/c1-21-17(20)15-14(12-8-4-2-5-9-12)18(15)16(19)13-10-6-3-7-11-13/h2-11,14-15H,1H3/t14-,15+,18?/m1/s1.